The topological polar surface area (TPSA) is 70.8 Å². The molecule has 1 N–H and O–H groups in total. The second-order valence-electron chi connectivity index (χ2n) is 11.4. The Morgan fingerprint density at radius 3 is 2.23 bits per heavy atom. The van der Waals surface area contributed by atoms with Crippen molar-refractivity contribution in [3.8, 4) is 11.1 Å². The van der Waals surface area contributed by atoms with Crippen LogP contribution in [0.1, 0.15) is 52.4 Å². The summed E-state index contributed by atoms with van der Waals surface area (Å²) < 4.78 is 44.9. The fourth-order valence-electron chi connectivity index (χ4n) is 5.29. The fraction of sp³-hybridized carbons (Fsp3) is 0.222. The molecule has 5 rings (SSSR count). The number of benzene rings is 4. The first-order valence-electron chi connectivity index (χ1n) is 14.2. The Labute approximate surface area is 253 Å². The number of aryl methyl sites for hydroxylation is 1. The summed E-state index contributed by atoms with van der Waals surface area (Å²) >= 11 is 0. The smallest absolute Gasteiger partial charge is 0.449 e. The van der Waals surface area contributed by atoms with Gasteiger partial charge in [-0.05, 0) is 71.5 Å². The van der Waals surface area contributed by atoms with Crippen molar-refractivity contribution in [3.63, 3.8) is 0 Å². The van der Waals surface area contributed by atoms with Crippen molar-refractivity contribution in [1.82, 2.24) is 4.90 Å². The van der Waals surface area contributed by atoms with Crippen LogP contribution < -0.4 is 0 Å². The molecule has 1 heterocycles. The quantitative estimate of drug-likeness (QED) is 0.186. The lowest BCUT2D eigenvalue weighted by Crippen LogP contribution is -2.31. The van der Waals surface area contributed by atoms with Crippen LogP contribution in [0.25, 0.3) is 21.9 Å². The van der Waals surface area contributed by atoms with E-state index in [2.05, 4.69) is 0 Å². The first-order valence-corrected chi connectivity index (χ1v) is 14.2. The lowest BCUT2D eigenvalue weighted by molar-refractivity contribution is -0.153. The molecule has 0 atom stereocenters. The molecule has 0 radical (unpaired) electrons. The van der Waals surface area contributed by atoms with E-state index in [4.69, 9.17) is 4.42 Å². The highest BCUT2D eigenvalue weighted by Crippen LogP contribution is 2.33. The molecule has 0 unspecified atom stereocenters. The standard InChI is InChI=1S/C36H32F3NO4/c1-23-11-14-26-7-4-5-10-30(26)33(23)34(43)40(21-29-17-18-32(44-29)36(37,38)39)20-24-12-15-25(16-13-24)27-8-6-9-28(19-27)35(2,3)31(42)22-41/h4-19,41H,20-22H2,1-3H3. The van der Waals surface area contributed by atoms with E-state index in [0.29, 0.717) is 5.56 Å². The van der Waals surface area contributed by atoms with Gasteiger partial charge in [-0.1, -0.05) is 84.9 Å². The molecule has 0 saturated carbocycles. The highest BCUT2D eigenvalue weighted by atomic mass is 19.4. The van der Waals surface area contributed by atoms with Gasteiger partial charge in [-0.15, -0.1) is 0 Å². The van der Waals surface area contributed by atoms with Crippen LogP contribution in [0.3, 0.4) is 0 Å². The molecule has 5 nitrogen and oxygen atoms in total. The third kappa shape index (κ3) is 6.31. The van der Waals surface area contributed by atoms with E-state index >= 15 is 0 Å². The largest absolute Gasteiger partial charge is 0.455 e. The van der Waals surface area contributed by atoms with Crippen molar-refractivity contribution >= 4 is 22.5 Å². The van der Waals surface area contributed by atoms with E-state index < -0.39 is 24.0 Å². The molecule has 44 heavy (non-hydrogen) atoms. The summed E-state index contributed by atoms with van der Waals surface area (Å²) in [6.45, 7) is 4.80. The number of carbonyl (C=O) groups is 2. The van der Waals surface area contributed by atoms with Crippen molar-refractivity contribution in [3.05, 3.63) is 131 Å². The average Bonchev–Trinajstić information content (AvgIpc) is 3.50. The van der Waals surface area contributed by atoms with E-state index in [1.165, 1.54) is 11.0 Å². The number of Topliss-reactive ketones (excluding diaryl/α,β-unsaturated/α-hetero) is 1. The van der Waals surface area contributed by atoms with Gasteiger partial charge in [0.05, 0.1) is 17.5 Å². The van der Waals surface area contributed by atoms with Crippen molar-refractivity contribution in [2.75, 3.05) is 6.61 Å². The van der Waals surface area contributed by atoms with E-state index in [0.717, 1.165) is 44.7 Å². The zero-order valence-electron chi connectivity index (χ0n) is 24.6. The number of amides is 1. The second-order valence-corrected chi connectivity index (χ2v) is 11.4. The number of nitrogens with zero attached hydrogens (tertiary/aromatic N) is 1. The van der Waals surface area contributed by atoms with Gasteiger partial charge in [0.25, 0.3) is 5.91 Å². The maximum atomic E-state index is 14.1. The average molecular weight is 600 g/mol. The highest BCUT2D eigenvalue weighted by molar-refractivity contribution is 6.08. The summed E-state index contributed by atoms with van der Waals surface area (Å²) in [7, 11) is 0. The molecule has 1 amide bonds. The summed E-state index contributed by atoms with van der Waals surface area (Å²) in [5.74, 6) is -1.69. The lowest BCUT2D eigenvalue weighted by atomic mass is 9.80. The van der Waals surface area contributed by atoms with Crippen molar-refractivity contribution in [2.45, 2.75) is 45.5 Å². The molecule has 0 aliphatic heterocycles. The van der Waals surface area contributed by atoms with Gasteiger partial charge in [0.2, 0.25) is 5.76 Å². The first kappa shape index (κ1) is 30.8. The number of hydrogen-bond acceptors (Lipinski definition) is 4. The first-order chi connectivity index (χ1) is 20.9. The second kappa shape index (κ2) is 12.1. The van der Waals surface area contributed by atoms with Gasteiger partial charge in [0.15, 0.2) is 5.78 Å². The Hall–Kier alpha value is -4.69. The minimum atomic E-state index is -4.63. The minimum Gasteiger partial charge on any atom is -0.455 e. The number of ketones is 1. The van der Waals surface area contributed by atoms with Crippen molar-refractivity contribution < 1.29 is 32.3 Å². The number of halogens is 3. The normalized spacial score (nSPS) is 12.0. The number of aliphatic hydroxyl groups excluding tert-OH is 1. The SMILES string of the molecule is Cc1ccc2ccccc2c1C(=O)N(Cc1ccc(-c2cccc(C(C)(C)C(=O)CO)c2)cc1)Cc1ccc(C(F)(F)F)o1. The zero-order valence-corrected chi connectivity index (χ0v) is 24.6. The number of furan rings is 1. The molecule has 0 aliphatic rings. The van der Waals surface area contributed by atoms with Gasteiger partial charge < -0.3 is 14.4 Å². The predicted octanol–water partition coefficient (Wildman–Crippen LogP) is 8.11. The molecule has 5 aromatic rings. The van der Waals surface area contributed by atoms with Crippen LogP contribution in [0.4, 0.5) is 13.2 Å². The molecule has 0 saturated heterocycles. The molecule has 1 aromatic heterocycles. The number of aliphatic hydroxyl groups is 1. The Morgan fingerprint density at radius 1 is 0.818 bits per heavy atom. The van der Waals surface area contributed by atoms with E-state index in [1.54, 1.807) is 13.8 Å². The van der Waals surface area contributed by atoms with Crippen molar-refractivity contribution in [2.24, 2.45) is 0 Å². The summed E-state index contributed by atoms with van der Waals surface area (Å²) in [5.41, 5.74) is 3.69. The van der Waals surface area contributed by atoms with Gasteiger partial charge in [0.1, 0.15) is 12.4 Å². The Balaban J connectivity index is 1.47. The minimum absolute atomic E-state index is 0.0250. The summed E-state index contributed by atoms with van der Waals surface area (Å²) in [4.78, 5) is 27.9. The number of hydrogen-bond donors (Lipinski definition) is 1. The number of rotatable bonds is 9. The van der Waals surface area contributed by atoms with Crippen molar-refractivity contribution in [1.29, 1.82) is 0 Å². The van der Waals surface area contributed by atoms with Crippen LogP contribution in [-0.2, 0) is 29.5 Å². The van der Waals surface area contributed by atoms with Crippen LogP contribution in [-0.4, -0.2) is 28.3 Å². The molecule has 0 spiro atoms. The molecule has 0 bridgehead atoms. The number of alkyl halides is 3. The molecule has 4 aromatic carbocycles. The molecule has 8 heteroatoms. The van der Waals surface area contributed by atoms with Crippen LogP contribution in [0.2, 0.25) is 0 Å². The maximum Gasteiger partial charge on any atom is 0.449 e. The van der Waals surface area contributed by atoms with Crippen LogP contribution in [0, 0.1) is 6.92 Å². The third-order valence-electron chi connectivity index (χ3n) is 8.01. The van der Waals surface area contributed by atoms with Crippen LogP contribution >= 0.6 is 0 Å². The predicted molar refractivity (Wildman–Crippen MR) is 163 cm³/mol. The van der Waals surface area contributed by atoms with Crippen LogP contribution in [0.15, 0.2) is 101 Å². The fourth-order valence-corrected chi connectivity index (χ4v) is 5.29. The van der Waals surface area contributed by atoms with Gasteiger partial charge in [-0.3, -0.25) is 9.59 Å². The third-order valence-corrected chi connectivity index (χ3v) is 8.01. The maximum absolute atomic E-state index is 14.1. The summed E-state index contributed by atoms with van der Waals surface area (Å²) in [5, 5.41) is 11.0. The lowest BCUT2D eigenvalue weighted by Gasteiger charge is -2.24. The van der Waals surface area contributed by atoms with E-state index in [-0.39, 0.29) is 30.5 Å². The van der Waals surface area contributed by atoms with Gasteiger partial charge in [-0.25, -0.2) is 0 Å². The monoisotopic (exact) mass is 599 g/mol. The van der Waals surface area contributed by atoms with Gasteiger partial charge in [-0.2, -0.15) is 13.2 Å². The Morgan fingerprint density at radius 2 is 1.55 bits per heavy atom. The van der Waals surface area contributed by atoms with E-state index in [9.17, 15) is 27.9 Å². The Bertz CT molecular complexity index is 1820. The molecule has 0 aliphatic carbocycles. The number of fused-ring (bicyclic) bond motifs is 1. The van der Waals surface area contributed by atoms with Gasteiger partial charge in [0, 0.05) is 6.54 Å². The Kier molecular flexibility index (Phi) is 8.48. The summed E-state index contributed by atoms with van der Waals surface area (Å²) in [6, 6.07) is 28.5. The highest BCUT2D eigenvalue weighted by Gasteiger charge is 2.35. The van der Waals surface area contributed by atoms with Crippen LogP contribution in [0.5, 0.6) is 0 Å². The number of carbonyl (C=O) groups excluding carboxylic acids is 2. The molecular weight excluding hydrogens is 567 g/mol. The molecular formula is C36H32F3NO4. The van der Waals surface area contributed by atoms with Gasteiger partial charge >= 0.3 is 6.18 Å². The molecule has 0 fully saturated rings. The molecule has 226 valence electrons. The summed E-state index contributed by atoms with van der Waals surface area (Å²) in [6.07, 6.45) is -4.63. The zero-order chi connectivity index (χ0) is 31.6. The van der Waals surface area contributed by atoms with E-state index in [1.807, 2.05) is 91.9 Å².